The van der Waals surface area contributed by atoms with Crippen LogP contribution in [0.3, 0.4) is 0 Å². The summed E-state index contributed by atoms with van der Waals surface area (Å²) < 4.78 is 1.79. The Morgan fingerprint density at radius 1 is 1.03 bits per heavy atom. The van der Waals surface area contributed by atoms with Crippen molar-refractivity contribution in [2.75, 3.05) is 19.6 Å². The van der Waals surface area contributed by atoms with Crippen LogP contribution in [0.25, 0.3) is 28.2 Å². The van der Waals surface area contributed by atoms with Crippen LogP contribution < -0.4 is 0 Å². The molecule has 1 saturated heterocycles. The summed E-state index contributed by atoms with van der Waals surface area (Å²) in [6.45, 7) is 9.29. The van der Waals surface area contributed by atoms with E-state index in [-0.39, 0.29) is 5.75 Å². The molecule has 0 unspecified atom stereocenters. The summed E-state index contributed by atoms with van der Waals surface area (Å²) in [6.07, 6.45) is 1.90. The van der Waals surface area contributed by atoms with Crippen LogP contribution in [0.2, 0.25) is 0 Å². The van der Waals surface area contributed by atoms with E-state index in [4.69, 9.17) is 0 Å². The van der Waals surface area contributed by atoms with Crippen molar-refractivity contribution < 1.29 is 5.11 Å². The molecule has 0 aliphatic carbocycles. The van der Waals surface area contributed by atoms with E-state index < -0.39 is 0 Å². The monoisotopic (exact) mass is 400 g/mol. The summed E-state index contributed by atoms with van der Waals surface area (Å²) in [6, 6.07) is 11.5. The van der Waals surface area contributed by atoms with Crippen molar-refractivity contribution in [3.05, 3.63) is 59.5 Å². The van der Waals surface area contributed by atoms with Gasteiger partial charge in [0.2, 0.25) is 0 Å². The Morgan fingerprint density at radius 3 is 2.57 bits per heavy atom. The maximum atomic E-state index is 10.7. The molecule has 1 aliphatic rings. The summed E-state index contributed by atoms with van der Waals surface area (Å²) in [5, 5.41) is 24.1. The second kappa shape index (κ2) is 7.18. The molecule has 1 aliphatic heterocycles. The van der Waals surface area contributed by atoms with Gasteiger partial charge >= 0.3 is 0 Å². The third-order valence-corrected chi connectivity index (χ3v) is 5.81. The van der Waals surface area contributed by atoms with Crippen molar-refractivity contribution in [3.8, 4) is 28.3 Å². The molecule has 5 rings (SSSR count). The number of likely N-dealkylation sites (N-methyl/N-ethyl adjacent to an activating group) is 1. The number of likely N-dealkylation sites (tertiary alicyclic amines) is 1. The largest absolute Gasteiger partial charge is 0.507 e. The van der Waals surface area contributed by atoms with E-state index >= 15 is 0 Å². The molecule has 0 radical (unpaired) electrons. The van der Waals surface area contributed by atoms with Crippen molar-refractivity contribution in [2.45, 2.75) is 26.7 Å². The lowest BCUT2D eigenvalue weighted by Crippen LogP contribution is -2.44. The van der Waals surface area contributed by atoms with Crippen LogP contribution in [0.1, 0.15) is 29.8 Å². The Labute approximate surface area is 175 Å². The molecule has 7 nitrogen and oxygen atoms in total. The molecule has 30 heavy (non-hydrogen) atoms. The normalized spacial score (nSPS) is 14.9. The van der Waals surface area contributed by atoms with E-state index in [1.54, 1.807) is 10.6 Å². The number of hydrogen-bond acceptors (Lipinski definition) is 6. The van der Waals surface area contributed by atoms with Gasteiger partial charge in [0, 0.05) is 30.1 Å². The number of rotatable bonds is 4. The summed E-state index contributed by atoms with van der Waals surface area (Å²) in [7, 11) is 0. The molecule has 0 atom stereocenters. The fourth-order valence-electron chi connectivity index (χ4n) is 4.01. The third kappa shape index (κ3) is 3.21. The topological polar surface area (TPSA) is 79.4 Å². The average molecular weight is 400 g/mol. The zero-order chi connectivity index (χ0) is 20.8. The second-order valence-electron chi connectivity index (χ2n) is 7.99. The first-order valence-electron chi connectivity index (χ1n) is 10.2. The first-order valence-corrected chi connectivity index (χ1v) is 10.2. The van der Waals surface area contributed by atoms with Gasteiger partial charge in [0.25, 0.3) is 0 Å². The number of imidazole rings is 1. The summed E-state index contributed by atoms with van der Waals surface area (Å²) in [4.78, 5) is 6.87. The summed E-state index contributed by atoms with van der Waals surface area (Å²) >= 11 is 0. The van der Waals surface area contributed by atoms with Crippen LogP contribution in [-0.4, -0.2) is 54.4 Å². The molecular formula is C23H24N6O. The summed E-state index contributed by atoms with van der Waals surface area (Å²) in [5.41, 5.74) is 6.78. The first-order chi connectivity index (χ1) is 14.5. The minimum absolute atomic E-state index is 0.164. The van der Waals surface area contributed by atoms with Gasteiger partial charge in [-0.1, -0.05) is 13.0 Å². The molecule has 152 valence electrons. The highest BCUT2D eigenvalue weighted by Gasteiger charge is 2.28. The fourth-order valence-corrected chi connectivity index (χ4v) is 4.01. The quantitative estimate of drug-likeness (QED) is 0.564. The van der Waals surface area contributed by atoms with Gasteiger partial charge in [0.05, 0.1) is 29.0 Å². The Balaban J connectivity index is 1.42. The maximum Gasteiger partial charge on any atom is 0.156 e. The molecule has 0 spiro atoms. The van der Waals surface area contributed by atoms with Gasteiger partial charge in [-0.25, -0.2) is 9.50 Å². The van der Waals surface area contributed by atoms with E-state index in [0.29, 0.717) is 17.2 Å². The number of fused-ring (bicyclic) bond motifs is 1. The Bertz CT molecular complexity index is 1220. The van der Waals surface area contributed by atoms with Crippen molar-refractivity contribution in [3.63, 3.8) is 0 Å². The summed E-state index contributed by atoms with van der Waals surface area (Å²) in [5.74, 6) is 0.621. The molecule has 4 aromatic rings. The highest BCUT2D eigenvalue weighted by Crippen LogP contribution is 2.33. The van der Waals surface area contributed by atoms with E-state index in [1.807, 2.05) is 50.4 Å². The number of benzene rings is 1. The van der Waals surface area contributed by atoms with Crippen LogP contribution in [0.4, 0.5) is 0 Å². The number of aromatic nitrogens is 5. The van der Waals surface area contributed by atoms with Crippen LogP contribution in [0.15, 0.2) is 42.6 Å². The predicted octanol–water partition coefficient (Wildman–Crippen LogP) is 3.59. The Kier molecular flexibility index (Phi) is 4.47. The van der Waals surface area contributed by atoms with Gasteiger partial charge in [-0.2, -0.15) is 15.3 Å². The van der Waals surface area contributed by atoms with Crippen molar-refractivity contribution in [1.29, 1.82) is 0 Å². The number of nitrogens with zero attached hydrogens (tertiary/aromatic N) is 6. The van der Waals surface area contributed by atoms with Crippen molar-refractivity contribution >= 4 is 5.65 Å². The molecule has 0 saturated carbocycles. The zero-order valence-electron chi connectivity index (χ0n) is 17.4. The third-order valence-electron chi connectivity index (χ3n) is 5.81. The molecule has 1 fully saturated rings. The number of phenolic OH excluding ortho intramolecular Hbond substituents is 1. The number of hydrogen-bond donors (Lipinski definition) is 1. The van der Waals surface area contributed by atoms with E-state index in [2.05, 4.69) is 32.1 Å². The molecular weight excluding hydrogens is 376 g/mol. The predicted molar refractivity (Wildman–Crippen MR) is 115 cm³/mol. The van der Waals surface area contributed by atoms with Crippen LogP contribution in [-0.2, 0) is 0 Å². The van der Waals surface area contributed by atoms with Gasteiger partial charge in [0.15, 0.2) is 5.65 Å². The molecule has 7 heteroatoms. The van der Waals surface area contributed by atoms with Crippen molar-refractivity contribution in [2.24, 2.45) is 0 Å². The van der Waals surface area contributed by atoms with Gasteiger partial charge in [-0.3, -0.25) is 0 Å². The lowest BCUT2D eigenvalue weighted by molar-refractivity contribution is 0.154. The second-order valence-corrected chi connectivity index (χ2v) is 7.99. The molecule has 0 amide bonds. The molecule has 3 aromatic heterocycles. The highest BCUT2D eigenvalue weighted by atomic mass is 16.3. The van der Waals surface area contributed by atoms with E-state index in [9.17, 15) is 5.11 Å². The average Bonchev–Trinajstić information content (AvgIpc) is 3.09. The minimum atomic E-state index is 0.164. The number of aromatic hydroxyl groups is 1. The smallest absolute Gasteiger partial charge is 0.156 e. The van der Waals surface area contributed by atoms with Gasteiger partial charge in [-0.05, 0) is 56.3 Å². The van der Waals surface area contributed by atoms with Crippen LogP contribution in [0.5, 0.6) is 5.75 Å². The SMILES string of the molecule is CCN1CC(c2ccc(-c3ccc(-c4cc(C)c5nc(C)cn5n4)cc3O)nn2)C1. The zero-order valence-corrected chi connectivity index (χ0v) is 17.4. The number of phenols is 1. The van der Waals surface area contributed by atoms with Gasteiger partial charge in [0.1, 0.15) is 5.75 Å². The number of aryl methyl sites for hydroxylation is 2. The minimum Gasteiger partial charge on any atom is -0.507 e. The fraction of sp³-hybridized carbons (Fsp3) is 0.304. The van der Waals surface area contributed by atoms with Crippen molar-refractivity contribution in [1.82, 2.24) is 29.7 Å². The van der Waals surface area contributed by atoms with Crippen LogP contribution >= 0.6 is 0 Å². The first kappa shape index (κ1) is 18.7. The standard InChI is InChI=1S/C23H24N6O/c1-4-28-12-17(13-28)19-7-8-20(26-25-19)18-6-5-16(10-22(18)30)21-9-14(2)23-24-15(3)11-29(23)27-21/h5-11,17,30H,4,12-13H2,1-3H3. The highest BCUT2D eigenvalue weighted by molar-refractivity contribution is 5.73. The Hall–Kier alpha value is -3.32. The van der Waals surface area contributed by atoms with Gasteiger partial charge < -0.3 is 10.0 Å². The molecule has 1 aromatic carbocycles. The molecule has 1 N–H and O–H groups in total. The molecule has 0 bridgehead atoms. The van der Waals surface area contributed by atoms with Crippen LogP contribution in [0, 0.1) is 13.8 Å². The van der Waals surface area contributed by atoms with Gasteiger partial charge in [-0.15, -0.1) is 0 Å². The maximum absolute atomic E-state index is 10.7. The van der Waals surface area contributed by atoms with E-state index in [1.165, 1.54) is 0 Å². The van der Waals surface area contributed by atoms with E-state index in [0.717, 1.165) is 53.5 Å². The molecule has 4 heterocycles. The lowest BCUT2D eigenvalue weighted by Gasteiger charge is -2.37. The lowest BCUT2D eigenvalue weighted by atomic mass is 9.96. The Morgan fingerprint density at radius 2 is 1.87 bits per heavy atom.